The van der Waals surface area contributed by atoms with Gasteiger partial charge in [0.1, 0.15) is 6.33 Å². The number of likely N-dealkylation sites (tertiary alicyclic amines) is 1. The first-order valence-electron chi connectivity index (χ1n) is 9.19. The second kappa shape index (κ2) is 5.97. The van der Waals surface area contributed by atoms with Gasteiger partial charge in [-0.2, -0.15) is 0 Å². The van der Waals surface area contributed by atoms with Gasteiger partial charge in [0.15, 0.2) is 11.6 Å². The van der Waals surface area contributed by atoms with Crippen LogP contribution in [0.3, 0.4) is 0 Å². The lowest BCUT2D eigenvalue weighted by molar-refractivity contribution is -0.134. The Labute approximate surface area is 142 Å². The molecule has 3 aliphatic rings. The first kappa shape index (κ1) is 15.8. The number of fused-ring (bicyclic) bond motifs is 1. The van der Waals surface area contributed by atoms with Crippen molar-refractivity contribution < 1.29 is 9.18 Å². The molecule has 6 heteroatoms. The quantitative estimate of drug-likeness (QED) is 0.921. The predicted molar refractivity (Wildman–Crippen MR) is 89.0 cm³/mol. The number of hydrogen-bond donors (Lipinski definition) is 1. The Morgan fingerprint density at radius 2 is 2.17 bits per heavy atom. The maximum atomic E-state index is 14.5. The Morgan fingerprint density at radius 1 is 1.38 bits per heavy atom. The molecule has 1 N–H and O–H groups in total. The normalized spacial score (nSPS) is 29.4. The number of hydrogen-bond acceptors (Lipinski definition) is 4. The Bertz CT molecular complexity index is 646. The zero-order chi connectivity index (χ0) is 16.7. The van der Waals surface area contributed by atoms with Crippen LogP contribution in [0.2, 0.25) is 0 Å². The van der Waals surface area contributed by atoms with E-state index in [1.807, 2.05) is 11.8 Å². The SMILES string of the molecule is CCc1ncnc(NC23CCC2CN(C(=O)C2CCCC2)C3)c1F. The van der Waals surface area contributed by atoms with Gasteiger partial charge in [0.25, 0.3) is 0 Å². The fourth-order valence-corrected chi connectivity index (χ4v) is 4.62. The minimum absolute atomic E-state index is 0.200. The van der Waals surface area contributed by atoms with Gasteiger partial charge in [-0.15, -0.1) is 0 Å². The van der Waals surface area contributed by atoms with Crippen LogP contribution in [0.25, 0.3) is 0 Å². The second-order valence-corrected chi connectivity index (χ2v) is 7.55. The molecule has 1 amide bonds. The predicted octanol–water partition coefficient (Wildman–Crippen LogP) is 2.77. The molecule has 0 spiro atoms. The number of rotatable bonds is 4. The van der Waals surface area contributed by atoms with Gasteiger partial charge >= 0.3 is 0 Å². The van der Waals surface area contributed by atoms with Gasteiger partial charge in [-0.05, 0) is 32.1 Å². The number of anilines is 1. The van der Waals surface area contributed by atoms with Gasteiger partial charge in [0, 0.05) is 24.9 Å². The Hall–Kier alpha value is -1.72. The van der Waals surface area contributed by atoms with Crippen LogP contribution >= 0.6 is 0 Å². The van der Waals surface area contributed by atoms with Crippen LogP contribution in [0.5, 0.6) is 0 Å². The van der Waals surface area contributed by atoms with E-state index < -0.39 is 0 Å². The molecule has 1 saturated heterocycles. The van der Waals surface area contributed by atoms with Crippen molar-refractivity contribution in [1.82, 2.24) is 14.9 Å². The van der Waals surface area contributed by atoms with Crippen molar-refractivity contribution in [2.24, 2.45) is 11.8 Å². The van der Waals surface area contributed by atoms with Crippen molar-refractivity contribution in [3.8, 4) is 0 Å². The monoisotopic (exact) mass is 332 g/mol. The van der Waals surface area contributed by atoms with Gasteiger partial charge in [-0.3, -0.25) is 4.79 Å². The molecule has 1 aromatic rings. The first-order valence-corrected chi connectivity index (χ1v) is 9.19. The fourth-order valence-electron chi connectivity index (χ4n) is 4.62. The Balaban J connectivity index is 1.50. The second-order valence-electron chi connectivity index (χ2n) is 7.55. The number of nitrogens with one attached hydrogen (secondary N) is 1. The lowest BCUT2D eigenvalue weighted by atomic mass is 9.69. The zero-order valence-electron chi connectivity index (χ0n) is 14.2. The van der Waals surface area contributed by atoms with Crippen LogP contribution in [0.1, 0.15) is 51.1 Å². The highest BCUT2D eigenvalue weighted by atomic mass is 19.1. The molecule has 3 fully saturated rings. The van der Waals surface area contributed by atoms with E-state index in [1.54, 1.807) is 0 Å². The lowest BCUT2D eigenvalue weighted by Crippen LogP contribution is -2.54. The topological polar surface area (TPSA) is 58.1 Å². The van der Waals surface area contributed by atoms with Crippen LogP contribution in [0.15, 0.2) is 6.33 Å². The van der Waals surface area contributed by atoms with Crippen molar-refractivity contribution in [3.63, 3.8) is 0 Å². The van der Waals surface area contributed by atoms with E-state index >= 15 is 0 Å². The molecule has 2 heterocycles. The maximum absolute atomic E-state index is 14.5. The average molecular weight is 332 g/mol. The van der Waals surface area contributed by atoms with Crippen LogP contribution in [-0.2, 0) is 11.2 Å². The molecule has 4 rings (SSSR count). The summed E-state index contributed by atoms with van der Waals surface area (Å²) in [4.78, 5) is 22.8. The van der Waals surface area contributed by atoms with Gasteiger partial charge < -0.3 is 10.2 Å². The fraction of sp³-hybridized carbons (Fsp3) is 0.722. The summed E-state index contributed by atoms with van der Waals surface area (Å²) in [7, 11) is 0. The van der Waals surface area contributed by atoms with E-state index in [-0.39, 0.29) is 17.3 Å². The molecule has 1 aliphatic heterocycles. The Morgan fingerprint density at radius 3 is 2.83 bits per heavy atom. The minimum atomic E-state index is -0.347. The van der Waals surface area contributed by atoms with Crippen molar-refractivity contribution >= 4 is 11.7 Å². The molecule has 2 atom stereocenters. The summed E-state index contributed by atoms with van der Waals surface area (Å²) >= 11 is 0. The van der Waals surface area contributed by atoms with Crippen molar-refractivity contribution in [1.29, 1.82) is 0 Å². The summed E-state index contributed by atoms with van der Waals surface area (Å²) in [5, 5.41) is 3.35. The number of aromatic nitrogens is 2. The largest absolute Gasteiger partial charge is 0.360 e. The smallest absolute Gasteiger partial charge is 0.225 e. The summed E-state index contributed by atoms with van der Waals surface area (Å²) < 4.78 is 14.5. The summed E-state index contributed by atoms with van der Waals surface area (Å²) in [6.07, 6.45) is 8.43. The molecule has 2 aliphatic carbocycles. The van der Waals surface area contributed by atoms with Crippen molar-refractivity contribution in [2.45, 2.75) is 57.4 Å². The molecule has 2 unspecified atom stereocenters. The highest BCUT2D eigenvalue weighted by Crippen LogP contribution is 2.47. The summed E-state index contributed by atoms with van der Waals surface area (Å²) in [5.74, 6) is 0.868. The van der Waals surface area contributed by atoms with Crippen molar-refractivity contribution in [2.75, 3.05) is 18.4 Å². The molecule has 1 aromatic heterocycles. The minimum Gasteiger partial charge on any atom is -0.360 e. The van der Waals surface area contributed by atoms with Crippen LogP contribution in [-0.4, -0.2) is 39.4 Å². The molecule has 5 nitrogen and oxygen atoms in total. The number of amides is 1. The summed E-state index contributed by atoms with van der Waals surface area (Å²) in [6, 6.07) is 0. The number of aryl methyl sites for hydroxylation is 1. The third kappa shape index (κ3) is 2.47. The van der Waals surface area contributed by atoms with E-state index in [2.05, 4.69) is 15.3 Å². The van der Waals surface area contributed by atoms with Gasteiger partial charge in [0.2, 0.25) is 5.91 Å². The number of carbonyl (C=O) groups excluding carboxylic acids is 1. The number of nitrogens with zero attached hydrogens (tertiary/aromatic N) is 3. The average Bonchev–Trinajstić information content (AvgIpc) is 3.19. The third-order valence-corrected chi connectivity index (χ3v) is 6.21. The first-order chi connectivity index (χ1) is 11.6. The molecule has 2 saturated carbocycles. The van der Waals surface area contributed by atoms with Crippen molar-refractivity contribution in [3.05, 3.63) is 17.8 Å². The highest BCUT2D eigenvalue weighted by molar-refractivity contribution is 5.80. The van der Waals surface area contributed by atoms with Crippen LogP contribution in [0.4, 0.5) is 10.2 Å². The molecular weight excluding hydrogens is 307 g/mol. The standard InChI is InChI=1S/C18H25FN4O/c1-2-14-15(19)16(21-11-20-14)22-18-8-7-13(18)9-23(10-18)17(24)12-5-3-4-6-12/h11-13H,2-10H2,1H3,(H,20,21,22). The van der Waals surface area contributed by atoms with Gasteiger partial charge in [-0.25, -0.2) is 14.4 Å². The summed E-state index contributed by atoms with van der Waals surface area (Å²) in [6.45, 7) is 3.37. The maximum Gasteiger partial charge on any atom is 0.225 e. The van der Waals surface area contributed by atoms with Crippen LogP contribution in [0, 0.1) is 17.7 Å². The summed E-state index contributed by atoms with van der Waals surface area (Å²) in [5.41, 5.74) is 0.241. The van der Waals surface area contributed by atoms with Crippen LogP contribution < -0.4 is 5.32 Å². The molecule has 0 aromatic carbocycles. The van der Waals surface area contributed by atoms with Gasteiger partial charge in [0.05, 0.1) is 11.2 Å². The zero-order valence-corrected chi connectivity index (χ0v) is 14.2. The number of carbonyl (C=O) groups is 1. The highest BCUT2D eigenvalue weighted by Gasteiger charge is 2.55. The molecule has 0 radical (unpaired) electrons. The molecule has 130 valence electrons. The van der Waals surface area contributed by atoms with Gasteiger partial charge in [-0.1, -0.05) is 19.8 Å². The lowest BCUT2D eigenvalue weighted by Gasteiger charge is -2.44. The van der Waals surface area contributed by atoms with E-state index in [0.29, 0.717) is 36.3 Å². The number of halogens is 1. The Kier molecular flexibility index (Phi) is 3.93. The third-order valence-electron chi connectivity index (χ3n) is 6.21. The molecular formula is C18H25FN4O. The van der Waals surface area contributed by atoms with E-state index in [1.165, 1.54) is 19.2 Å². The molecule has 24 heavy (non-hydrogen) atoms. The van der Waals surface area contributed by atoms with E-state index in [0.717, 1.165) is 32.2 Å². The van der Waals surface area contributed by atoms with E-state index in [9.17, 15) is 9.18 Å². The molecule has 0 bridgehead atoms. The van der Waals surface area contributed by atoms with E-state index in [4.69, 9.17) is 0 Å².